The molecule has 4 aromatic rings. The molecule has 0 amide bonds. The number of hydrogen-bond donors (Lipinski definition) is 1. The fourth-order valence-corrected chi connectivity index (χ4v) is 3.41. The van der Waals surface area contributed by atoms with Crippen LogP contribution >= 0.6 is 11.6 Å². The highest BCUT2D eigenvalue weighted by molar-refractivity contribution is 6.31. The van der Waals surface area contributed by atoms with Crippen molar-refractivity contribution in [3.63, 3.8) is 0 Å². The minimum absolute atomic E-state index is 0.0140. The van der Waals surface area contributed by atoms with Crippen molar-refractivity contribution in [2.75, 3.05) is 0 Å². The number of halogens is 3. The van der Waals surface area contributed by atoms with Gasteiger partial charge in [0.2, 0.25) is 0 Å². The molecule has 0 aliphatic rings. The zero-order valence-corrected chi connectivity index (χ0v) is 17.5. The first-order valence-corrected chi connectivity index (χ1v) is 9.98. The molecule has 0 fully saturated rings. The Morgan fingerprint density at radius 1 is 1.06 bits per heavy atom. The first-order valence-electron chi connectivity index (χ1n) is 9.61. The van der Waals surface area contributed by atoms with Crippen molar-refractivity contribution in [3.05, 3.63) is 99.1 Å². The maximum Gasteiger partial charge on any atom is 0.387 e. The maximum absolute atomic E-state index is 13.3. The second-order valence-corrected chi connectivity index (χ2v) is 7.34. The smallest absolute Gasteiger partial charge is 0.387 e. The van der Waals surface area contributed by atoms with Gasteiger partial charge in [-0.3, -0.25) is 9.36 Å². The van der Waals surface area contributed by atoms with Gasteiger partial charge in [-0.1, -0.05) is 35.9 Å². The number of carboxylic acids is 1. The number of carboxylic acid groups (broad SMARTS) is 1. The lowest BCUT2D eigenvalue weighted by Gasteiger charge is -2.12. The summed E-state index contributed by atoms with van der Waals surface area (Å²) in [6, 6.07) is 16.5. The van der Waals surface area contributed by atoms with Crippen molar-refractivity contribution in [2.24, 2.45) is 0 Å². The first kappa shape index (κ1) is 22.2. The van der Waals surface area contributed by atoms with Crippen LogP contribution in [0.2, 0.25) is 5.02 Å². The molecule has 0 atom stereocenters. The van der Waals surface area contributed by atoms with E-state index in [1.165, 1.54) is 34.9 Å². The molecule has 0 unspecified atom stereocenters. The summed E-state index contributed by atoms with van der Waals surface area (Å²) in [6.07, 6.45) is 3.21. The summed E-state index contributed by atoms with van der Waals surface area (Å²) in [7, 11) is 0. The van der Waals surface area contributed by atoms with Crippen LogP contribution in [-0.2, 0) is 0 Å². The van der Waals surface area contributed by atoms with Gasteiger partial charge in [-0.25, -0.2) is 9.78 Å². The Hall–Kier alpha value is -4.04. The lowest BCUT2D eigenvalue weighted by atomic mass is 10.1. The molecule has 166 valence electrons. The summed E-state index contributed by atoms with van der Waals surface area (Å²) in [5.74, 6) is -0.887. The molecule has 1 heterocycles. The van der Waals surface area contributed by atoms with E-state index in [4.69, 9.17) is 11.6 Å². The van der Waals surface area contributed by atoms with Gasteiger partial charge in [0.25, 0.3) is 5.56 Å². The summed E-state index contributed by atoms with van der Waals surface area (Å²) in [5.41, 5.74) is 0.950. The summed E-state index contributed by atoms with van der Waals surface area (Å²) < 4.78 is 30.3. The van der Waals surface area contributed by atoms with Crippen LogP contribution in [0.4, 0.5) is 8.78 Å². The summed E-state index contributed by atoms with van der Waals surface area (Å²) in [5, 5.41) is 10.1. The molecule has 1 N–H and O–H groups in total. The highest BCUT2D eigenvalue weighted by Gasteiger charge is 2.13. The average molecular weight is 469 g/mol. The molecule has 0 spiro atoms. The molecule has 1 aromatic heterocycles. The predicted octanol–water partition coefficient (Wildman–Crippen LogP) is 5.51. The quantitative estimate of drug-likeness (QED) is 0.403. The number of carbonyl (C=O) groups is 1. The Morgan fingerprint density at radius 3 is 2.52 bits per heavy atom. The number of alkyl halides is 2. The lowest BCUT2D eigenvalue weighted by Crippen LogP contribution is -2.22. The molecule has 0 aliphatic heterocycles. The van der Waals surface area contributed by atoms with E-state index < -0.39 is 18.1 Å². The molecule has 0 saturated carbocycles. The van der Waals surface area contributed by atoms with E-state index in [0.717, 1.165) is 0 Å². The van der Waals surface area contributed by atoms with Crippen LogP contribution in [0.1, 0.15) is 21.7 Å². The summed E-state index contributed by atoms with van der Waals surface area (Å²) in [6.45, 7) is -2.92. The fourth-order valence-electron chi connectivity index (χ4n) is 3.25. The standard InChI is InChI=1S/C24H15ClF2N2O4/c25-16-7-10-19-20(13-16)28-21(11-6-14-4-8-18(9-5-14)33-24(26)27)29(22(19)30)17-3-1-2-15(12-17)23(31)32/h1-13,24H,(H,31,32)/b11-6+. The van der Waals surface area contributed by atoms with Gasteiger partial charge in [-0.2, -0.15) is 8.78 Å². The third-order valence-electron chi connectivity index (χ3n) is 4.74. The second-order valence-electron chi connectivity index (χ2n) is 6.91. The largest absolute Gasteiger partial charge is 0.478 e. The van der Waals surface area contributed by atoms with Crippen molar-refractivity contribution in [1.82, 2.24) is 9.55 Å². The van der Waals surface area contributed by atoms with E-state index in [-0.39, 0.29) is 17.1 Å². The number of aromatic carboxylic acids is 1. The summed E-state index contributed by atoms with van der Waals surface area (Å²) in [4.78, 5) is 29.3. The van der Waals surface area contributed by atoms with E-state index in [1.54, 1.807) is 48.6 Å². The average Bonchev–Trinajstić information content (AvgIpc) is 2.78. The van der Waals surface area contributed by atoms with Gasteiger partial charge in [-0.15, -0.1) is 0 Å². The molecule has 0 bridgehead atoms. The van der Waals surface area contributed by atoms with Crippen LogP contribution in [0.25, 0.3) is 28.7 Å². The maximum atomic E-state index is 13.3. The molecular weight excluding hydrogens is 454 g/mol. The predicted molar refractivity (Wildman–Crippen MR) is 121 cm³/mol. The molecule has 0 aliphatic carbocycles. The zero-order chi connectivity index (χ0) is 23.5. The molecule has 6 nitrogen and oxygen atoms in total. The van der Waals surface area contributed by atoms with Crippen molar-refractivity contribution in [2.45, 2.75) is 6.61 Å². The normalized spacial score (nSPS) is 11.4. The Kier molecular flexibility index (Phi) is 6.19. The number of rotatable bonds is 6. The van der Waals surface area contributed by atoms with Crippen LogP contribution < -0.4 is 10.3 Å². The molecule has 33 heavy (non-hydrogen) atoms. The first-order chi connectivity index (χ1) is 15.8. The van der Waals surface area contributed by atoms with E-state index >= 15 is 0 Å². The van der Waals surface area contributed by atoms with Crippen LogP contribution in [0.3, 0.4) is 0 Å². The fraction of sp³-hybridized carbons (Fsp3) is 0.0417. The highest BCUT2D eigenvalue weighted by atomic mass is 35.5. The third kappa shape index (κ3) is 4.91. The molecule has 3 aromatic carbocycles. The van der Waals surface area contributed by atoms with Gasteiger partial charge in [-0.05, 0) is 60.2 Å². The minimum atomic E-state index is -2.92. The van der Waals surface area contributed by atoms with Gasteiger partial charge in [0.15, 0.2) is 0 Å². The van der Waals surface area contributed by atoms with Crippen molar-refractivity contribution in [3.8, 4) is 11.4 Å². The molecule has 4 rings (SSSR count). The summed E-state index contributed by atoms with van der Waals surface area (Å²) >= 11 is 6.06. The van der Waals surface area contributed by atoms with E-state index in [9.17, 15) is 23.5 Å². The number of nitrogens with zero attached hydrogens (tertiary/aromatic N) is 2. The number of ether oxygens (including phenoxy) is 1. The Balaban J connectivity index is 1.85. The topological polar surface area (TPSA) is 81.4 Å². The van der Waals surface area contributed by atoms with E-state index in [0.29, 0.717) is 27.2 Å². The van der Waals surface area contributed by atoms with Crippen LogP contribution in [-0.4, -0.2) is 27.2 Å². The van der Waals surface area contributed by atoms with Crippen LogP contribution in [0.5, 0.6) is 5.75 Å². The van der Waals surface area contributed by atoms with Gasteiger partial charge in [0.05, 0.1) is 22.2 Å². The molecular formula is C24H15ClF2N2O4. The Bertz CT molecular complexity index is 1430. The van der Waals surface area contributed by atoms with E-state index in [1.807, 2.05) is 0 Å². The number of hydrogen-bond acceptors (Lipinski definition) is 4. The van der Waals surface area contributed by atoms with Gasteiger partial charge < -0.3 is 9.84 Å². The SMILES string of the molecule is O=C(O)c1cccc(-n2c(/C=C/c3ccc(OC(F)F)cc3)nc3cc(Cl)ccc3c2=O)c1. The third-order valence-corrected chi connectivity index (χ3v) is 4.97. The zero-order valence-electron chi connectivity index (χ0n) is 16.8. The van der Waals surface area contributed by atoms with Crippen LogP contribution in [0.15, 0.2) is 71.5 Å². The van der Waals surface area contributed by atoms with Gasteiger partial charge in [0, 0.05) is 5.02 Å². The van der Waals surface area contributed by atoms with E-state index in [2.05, 4.69) is 9.72 Å². The molecule has 9 heteroatoms. The number of fused-ring (bicyclic) bond motifs is 1. The van der Waals surface area contributed by atoms with Crippen molar-refractivity contribution >= 4 is 40.6 Å². The van der Waals surface area contributed by atoms with Gasteiger partial charge >= 0.3 is 12.6 Å². The number of aromatic nitrogens is 2. The van der Waals surface area contributed by atoms with Crippen molar-refractivity contribution in [1.29, 1.82) is 0 Å². The number of benzene rings is 3. The Labute approximate surface area is 191 Å². The molecule has 0 radical (unpaired) electrons. The minimum Gasteiger partial charge on any atom is -0.478 e. The van der Waals surface area contributed by atoms with Crippen molar-refractivity contribution < 1.29 is 23.4 Å². The van der Waals surface area contributed by atoms with Gasteiger partial charge in [0.1, 0.15) is 11.6 Å². The Morgan fingerprint density at radius 2 is 1.82 bits per heavy atom. The lowest BCUT2D eigenvalue weighted by molar-refractivity contribution is -0.0498. The monoisotopic (exact) mass is 468 g/mol. The second kappa shape index (κ2) is 9.22. The molecule has 0 saturated heterocycles. The van der Waals surface area contributed by atoms with Crippen LogP contribution in [0, 0.1) is 0 Å². The highest BCUT2D eigenvalue weighted by Crippen LogP contribution is 2.20.